The van der Waals surface area contributed by atoms with Crippen molar-refractivity contribution in [2.45, 2.75) is 45.6 Å². The summed E-state index contributed by atoms with van der Waals surface area (Å²) in [6.45, 7) is 8.33. The molecule has 9 heteroatoms. The highest BCUT2D eigenvalue weighted by molar-refractivity contribution is 14.0. The predicted octanol–water partition coefficient (Wildman–Crippen LogP) is 0.971. The molecule has 2 aliphatic rings. The van der Waals surface area contributed by atoms with Gasteiger partial charge in [0.15, 0.2) is 5.96 Å². The Morgan fingerprint density at radius 3 is 2.17 bits per heavy atom. The van der Waals surface area contributed by atoms with Gasteiger partial charge in [0, 0.05) is 59.9 Å². The standard InChI is InChI=1S/C20H38N6O2.HI/c1-16(2)23-17(27)14-25-10-12-26(13-11-25)19(21-3)22-15-20(8-6-7-9-20)18(28)24(4)5;/h16H,6-15H2,1-5H3,(H,21,22)(H,23,27);1H. The van der Waals surface area contributed by atoms with Gasteiger partial charge in [-0.3, -0.25) is 19.5 Å². The Morgan fingerprint density at radius 1 is 1.10 bits per heavy atom. The van der Waals surface area contributed by atoms with Crippen molar-refractivity contribution in [1.82, 2.24) is 25.3 Å². The lowest BCUT2D eigenvalue weighted by Crippen LogP contribution is -2.56. The summed E-state index contributed by atoms with van der Waals surface area (Å²) in [6.07, 6.45) is 4.09. The lowest BCUT2D eigenvalue weighted by molar-refractivity contribution is -0.138. The van der Waals surface area contributed by atoms with E-state index in [4.69, 9.17) is 0 Å². The number of rotatable bonds is 6. The first-order chi connectivity index (χ1) is 13.3. The molecule has 2 rings (SSSR count). The molecule has 168 valence electrons. The van der Waals surface area contributed by atoms with Crippen LogP contribution in [0, 0.1) is 5.41 Å². The van der Waals surface area contributed by atoms with E-state index in [1.54, 1.807) is 11.9 Å². The quantitative estimate of drug-likeness (QED) is 0.309. The molecular formula is C20H39IN6O2. The van der Waals surface area contributed by atoms with Crippen LogP contribution in [-0.4, -0.2) is 98.9 Å². The maximum Gasteiger partial charge on any atom is 0.234 e. The molecule has 0 aromatic rings. The third-order valence-electron chi connectivity index (χ3n) is 5.71. The average Bonchev–Trinajstić information content (AvgIpc) is 3.12. The maximum absolute atomic E-state index is 12.8. The molecular weight excluding hydrogens is 483 g/mol. The monoisotopic (exact) mass is 522 g/mol. The second kappa shape index (κ2) is 11.9. The number of nitrogens with zero attached hydrogens (tertiary/aromatic N) is 4. The molecule has 1 heterocycles. The van der Waals surface area contributed by atoms with Gasteiger partial charge < -0.3 is 20.4 Å². The van der Waals surface area contributed by atoms with Crippen molar-refractivity contribution in [3.63, 3.8) is 0 Å². The fourth-order valence-corrected chi connectivity index (χ4v) is 4.26. The second-order valence-corrected chi connectivity index (χ2v) is 8.57. The predicted molar refractivity (Wildman–Crippen MR) is 128 cm³/mol. The van der Waals surface area contributed by atoms with Crippen LogP contribution in [0.5, 0.6) is 0 Å². The van der Waals surface area contributed by atoms with Gasteiger partial charge in [-0.1, -0.05) is 12.8 Å². The van der Waals surface area contributed by atoms with Gasteiger partial charge in [-0.2, -0.15) is 0 Å². The number of carbonyl (C=O) groups excluding carboxylic acids is 2. The zero-order valence-electron chi connectivity index (χ0n) is 18.7. The molecule has 0 bridgehead atoms. The van der Waals surface area contributed by atoms with E-state index < -0.39 is 0 Å². The van der Waals surface area contributed by atoms with Gasteiger partial charge in [0.25, 0.3) is 0 Å². The first-order valence-corrected chi connectivity index (χ1v) is 10.5. The molecule has 0 spiro atoms. The van der Waals surface area contributed by atoms with E-state index in [1.807, 2.05) is 27.9 Å². The SMILES string of the molecule is CN=C(NCC1(C(=O)N(C)C)CCCC1)N1CCN(CC(=O)NC(C)C)CC1.I. The number of hydrogen-bond donors (Lipinski definition) is 2. The summed E-state index contributed by atoms with van der Waals surface area (Å²) >= 11 is 0. The van der Waals surface area contributed by atoms with Gasteiger partial charge in [-0.05, 0) is 26.7 Å². The van der Waals surface area contributed by atoms with Crippen molar-refractivity contribution in [2.75, 3.05) is 60.4 Å². The summed E-state index contributed by atoms with van der Waals surface area (Å²) in [6, 6.07) is 0.171. The van der Waals surface area contributed by atoms with Crippen LogP contribution in [0.3, 0.4) is 0 Å². The van der Waals surface area contributed by atoms with E-state index in [2.05, 4.69) is 25.4 Å². The van der Waals surface area contributed by atoms with Crippen molar-refractivity contribution in [3.05, 3.63) is 0 Å². The molecule has 1 aliphatic carbocycles. The molecule has 0 atom stereocenters. The highest BCUT2D eigenvalue weighted by atomic mass is 127. The highest BCUT2D eigenvalue weighted by Gasteiger charge is 2.42. The van der Waals surface area contributed by atoms with Crippen molar-refractivity contribution < 1.29 is 9.59 Å². The molecule has 2 N–H and O–H groups in total. The molecule has 0 aromatic heterocycles. The van der Waals surface area contributed by atoms with Crippen LogP contribution >= 0.6 is 24.0 Å². The number of piperazine rings is 1. The van der Waals surface area contributed by atoms with Gasteiger partial charge in [0.05, 0.1) is 12.0 Å². The summed E-state index contributed by atoms with van der Waals surface area (Å²) < 4.78 is 0. The Hall–Kier alpha value is -1.10. The van der Waals surface area contributed by atoms with Gasteiger partial charge >= 0.3 is 0 Å². The van der Waals surface area contributed by atoms with Crippen molar-refractivity contribution in [3.8, 4) is 0 Å². The largest absolute Gasteiger partial charge is 0.355 e. The number of carbonyl (C=O) groups is 2. The Bertz CT molecular complexity index is 567. The normalized spacial score (nSPS) is 19.7. The number of hydrogen-bond acceptors (Lipinski definition) is 4. The summed E-state index contributed by atoms with van der Waals surface area (Å²) in [5, 5.41) is 6.41. The van der Waals surface area contributed by atoms with Crippen molar-refractivity contribution in [1.29, 1.82) is 0 Å². The Labute approximate surface area is 192 Å². The van der Waals surface area contributed by atoms with Crippen LogP contribution in [0.25, 0.3) is 0 Å². The highest BCUT2D eigenvalue weighted by Crippen LogP contribution is 2.38. The third-order valence-corrected chi connectivity index (χ3v) is 5.71. The van der Waals surface area contributed by atoms with Gasteiger partial charge in [-0.25, -0.2) is 0 Å². The van der Waals surface area contributed by atoms with E-state index >= 15 is 0 Å². The zero-order valence-corrected chi connectivity index (χ0v) is 21.0. The van der Waals surface area contributed by atoms with Crippen LogP contribution in [0.1, 0.15) is 39.5 Å². The fraction of sp³-hybridized carbons (Fsp3) is 0.850. The third kappa shape index (κ3) is 7.27. The minimum Gasteiger partial charge on any atom is -0.355 e. The summed E-state index contributed by atoms with van der Waals surface area (Å²) in [4.78, 5) is 35.3. The number of guanidine groups is 1. The van der Waals surface area contributed by atoms with Crippen molar-refractivity contribution in [2.24, 2.45) is 10.4 Å². The van der Waals surface area contributed by atoms with E-state index in [0.29, 0.717) is 13.1 Å². The lowest BCUT2D eigenvalue weighted by Gasteiger charge is -2.38. The number of nitrogens with one attached hydrogen (secondary N) is 2. The van der Waals surface area contributed by atoms with E-state index in [9.17, 15) is 9.59 Å². The van der Waals surface area contributed by atoms with E-state index in [0.717, 1.165) is 57.8 Å². The number of amides is 2. The first-order valence-electron chi connectivity index (χ1n) is 10.5. The molecule has 2 amide bonds. The Morgan fingerprint density at radius 2 is 1.69 bits per heavy atom. The average molecular weight is 522 g/mol. The van der Waals surface area contributed by atoms with E-state index in [-0.39, 0.29) is 47.2 Å². The maximum atomic E-state index is 12.8. The van der Waals surface area contributed by atoms with Gasteiger partial charge in [0.2, 0.25) is 11.8 Å². The lowest BCUT2D eigenvalue weighted by atomic mass is 9.84. The molecule has 1 saturated carbocycles. The van der Waals surface area contributed by atoms with Crippen LogP contribution in [-0.2, 0) is 9.59 Å². The Kier molecular flexibility index (Phi) is 10.7. The molecule has 8 nitrogen and oxygen atoms in total. The summed E-state index contributed by atoms with van der Waals surface area (Å²) in [5.41, 5.74) is -0.309. The molecule has 29 heavy (non-hydrogen) atoms. The molecule has 1 aliphatic heterocycles. The molecule has 1 saturated heterocycles. The molecule has 2 fully saturated rings. The zero-order chi connectivity index (χ0) is 20.7. The minimum absolute atomic E-state index is 0. The summed E-state index contributed by atoms with van der Waals surface area (Å²) in [7, 11) is 5.47. The van der Waals surface area contributed by atoms with Gasteiger partial charge in [0.1, 0.15) is 0 Å². The molecule has 0 unspecified atom stereocenters. The topological polar surface area (TPSA) is 80.3 Å². The smallest absolute Gasteiger partial charge is 0.234 e. The van der Waals surface area contributed by atoms with Crippen LogP contribution < -0.4 is 10.6 Å². The second-order valence-electron chi connectivity index (χ2n) is 8.57. The molecule has 0 radical (unpaired) electrons. The van der Waals surface area contributed by atoms with Gasteiger partial charge in [-0.15, -0.1) is 24.0 Å². The number of halogens is 1. The van der Waals surface area contributed by atoms with Crippen LogP contribution in [0.15, 0.2) is 4.99 Å². The Balaban J connectivity index is 0.00000420. The van der Waals surface area contributed by atoms with Crippen LogP contribution in [0.4, 0.5) is 0 Å². The first kappa shape index (κ1) is 25.9. The minimum atomic E-state index is -0.309. The number of aliphatic imine (C=N–C) groups is 1. The van der Waals surface area contributed by atoms with Crippen LogP contribution in [0.2, 0.25) is 0 Å². The van der Waals surface area contributed by atoms with E-state index in [1.165, 1.54) is 0 Å². The molecule has 0 aromatic carbocycles. The van der Waals surface area contributed by atoms with Crippen molar-refractivity contribution >= 4 is 41.8 Å². The fourth-order valence-electron chi connectivity index (χ4n) is 4.26. The summed E-state index contributed by atoms with van der Waals surface area (Å²) in [5.74, 6) is 1.15.